The van der Waals surface area contributed by atoms with Crippen molar-refractivity contribution in [3.8, 4) is 6.07 Å². The minimum Gasteiger partial charge on any atom is -0.347 e. The van der Waals surface area contributed by atoms with Gasteiger partial charge in [0.2, 0.25) is 0 Å². The molecule has 1 fully saturated rings. The number of benzene rings is 1. The zero-order chi connectivity index (χ0) is 34.0. The van der Waals surface area contributed by atoms with Gasteiger partial charge >= 0.3 is 13.3 Å². The summed E-state index contributed by atoms with van der Waals surface area (Å²) >= 11 is 0. The Morgan fingerprint density at radius 3 is 2.37 bits per heavy atom. The highest BCUT2D eigenvalue weighted by molar-refractivity contribution is 7.57. The number of nitrogens with zero attached hydrogens (tertiary/aromatic N) is 4. The number of hydrogen-bond donors (Lipinski definition) is 0. The van der Waals surface area contributed by atoms with E-state index in [1.807, 2.05) is 32.4 Å². The molecule has 0 spiro atoms. The summed E-state index contributed by atoms with van der Waals surface area (Å²) in [6, 6.07) is 11.2. The fourth-order valence-electron chi connectivity index (χ4n) is 5.12. The quantitative estimate of drug-likeness (QED) is 0.127. The molecule has 13 nitrogen and oxygen atoms in total. The highest BCUT2D eigenvalue weighted by Crippen LogP contribution is 2.53. The molecule has 0 saturated carbocycles. The van der Waals surface area contributed by atoms with Crippen molar-refractivity contribution in [3.63, 3.8) is 0 Å². The van der Waals surface area contributed by atoms with Crippen LogP contribution >= 0.6 is 16.1 Å². The Morgan fingerprint density at radius 1 is 1.15 bits per heavy atom. The van der Waals surface area contributed by atoms with E-state index in [0.717, 1.165) is 6.07 Å². The first-order valence-corrected chi connectivity index (χ1v) is 17.5. The van der Waals surface area contributed by atoms with Gasteiger partial charge in [-0.15, -0.1) is 6.58 Å². The van der Waals surface area contributed by atoms with Crippen LogP contribution in [0.1, 0.15) is 57.1 Å². The maximum absolute atomic E-state index is 13.8. The van der Waals surface area contributed by atoms with Gasteiger partial charge in [-0.2, -0.15) is 9.83 Å². The van der Waals surface area contributed by atoms with Crippen LogP contribution < -0.4 is 11.2 Å². The van der Waals surface area contributed by atoms with Crippen molar-refractivity contribution in [2.45, 2.75) is 71.1 Å². The van der Waals surface area contributed by atoms with Crippen molar-refractivity contribution in [2.75, 3.05) is 20.8 Å². The zero-order valence-electron chi connectivity index (χ0n) is 26.9. The Hall–Kier alpha value is -3.04. The molecule has 15 heteroatoms. The Labute approximate surface area is 270 Å². The molecule has 0 N–H and O–H groups in total. The van der Waals surface area contributed by atoms with Gasteiger partial charge in [0.25, 0.3) is 20.0 Å². The largest absolute Gasteiger partial charge is 0.353 e. The van der Waals surface area contributed by atoms with E-state index in [1.165, 1.54) is 49.0 Å². The van der Waals surface area contributed by atoms with Crippen LogP contribution in [0.4, 0.5) is 0 Å². The van der Waals surface area contributed by atoms with Gasteiger partial charge in [0, 0.05) is 55.9 Å². The summed E-state index contributed by atoms with van der Waals surface area (Å²) in [4.78, 5) is 40.0. The van der Waals surface area contributed by atoms with E-state index in [2.05, 4.69) is 12.6 Å². The third-order valence-electron chi connectivity index (χ3n) is 7.20. The molecule has 1 unspecified atom stereocenters. The van der Waals surface area contributed by atoms with Crippen molar-refractivity contribution in [3.05, 3.63) is 93.5 Å². The van der Waals surface area contributed by atoms with Crippen LogP contribution in [0.3, 0.4) is 0 Å². The van der Waals surface area contributed by atoms with Gasteiger partial charge in [0.1, 0.15) is 18.4 Å². The van der Waals surface area contributed by atoms with Gasteiger partial charge in [-0.3, -0.25) is 18.7 Å². The fourth-order valence-corrected chi connectivity index (χ4v) is 7.68. The van der Waals surface area contributed by atoms with Crippen LogP contribution in [0.2, 0.25) is 0 Å². The van der Waals surface area contributed by atoms with Crippen LogP contribution in [0.25, 0.3) is 0 Å². The molecule has 1 aromatic carbocycles. The maximum atomic E-state index is 13.8. The second-order valence-corrected chi connectivity index (χ2v) is 14.4. The lowest BCUT2D eigenvalue weighted by Crippen LogP contribution is -2.45. The van der Waals surface area contributed by atoms with Crippen LogP contribution in [0.15, 0.2) is 76.7 Å². The second-order valence-electron chi connectivity index (χ2n) is 10.9. The summed E-state index contributed by atoms with van der Waals surface area (Å²) in [6.07, 6.45) is 2.07. The lowest BCUT2D eigenvalue weighted by molar-refractivity contribution is -0.00228. The lowest BCUT2D eigenvalue weighted by atomic mass is 9.96. The molecular formula is C31H42N4O9P2. The van der Waals surface area contributed by atoms with E-state index in [9.17, 15) is 18.9 Å². The summed E-state index contributed by atoms with van der Waals surface area (Å²) in [7, 11) is -2.91. The van der Waals surface area contributed by atoms with E-state index in [-0.39, 0.29) is 37.1 Å². The monoisotopic (exact) mass is 676 g/mol. The molecule has 0 amide bonds. The predicted molar refractivity (Wildman–Crippen MR) is 174 cm³/mol. The molecule has 2 aromatic rings. The first-order valence-electron chi connectivity index (χ1n) is 14.8. The Morgan fingerprint density at radius 2 is 1.80 bits per heavy atom. The van der Waals surface area contributed by atoms with Gasteiger partial charge in [-0.1, -0.05) is 24.3 Å². The third kappa shape index (κ3) is 8.85. The molecule has 1 aromatic heterocycles. The molecule has 5 atom stereocenters. The lowest BCUT2D eigenvalue weighted by Gasteiger charge is -2.38. The standard InChI is InChI=1S/C31H42N4O9P2/c1-8-13-25-28(44-45(42-20-12-18-32)35(22(2)3)23(4)5)26(17-21-46(39,40-6)41-7)43-30(25)33-19-16-27(36)34(31(33)38)29(37)24-14-10-9-11-15-24/h8-11,14-17,19,21-23,25-26,28,30H,1,12-13,20H2,2-7H3/b21-17+/t25-,26-,28+,30-,45?/m1/s1. The van der Waals surface area contributed by atoms with Crippen molar-refractivity contribution in [2.24, 2.45) is 5.92 Å². The summed E-state index contributed by atoms with van der Waals surface area (Å²) < 4.78 is 46.2. The molecule has 46 heavy (non-hydrogen) atoms. The Balaban J connectivity index is 2.17. The van der Waals surface area contributed by atoms with Crippen LogP contribution in [0, 0.1) is 17.2 Å². The molecule has 1 saturated heterocycles. The number of allylic oxidation sites excluding steroid dienone is 1. The molecule has 0 bridgehead atoms. The molecule has 3 rings (SSSR count). The smallest absolute Gasteiger partial charge is 0.347 e. The summed E-state index contributed by atoms with van der Waals surface area (Å²) in [5, 5.41) is 9.16. The number of aromatic nitrogens is 2. The second kappa shape index (κ2) is 17.2. The van der Waals surface area contributed by atoms with E-state index in [0.29, 0.717) is 4.57 Å². The topological polar surface area (TPSA) is 151 Å². The predicted octanol–water partition coefficient (Wildman–Crippen LogP) is 5.45. The van der Waals surface area contributed by atoms with E-state index in [1.54, 1.807) is 24.3 Å². The Bertz CT molecular complexity index is 1550. The third-order valence-corrected chi connectivity index (χ3v) is 10.9. The molecular weight excluding hydrogens is 634 g/mol. The van der Waals surface area contributed by atoms with E-state index in [4.69, 9.17) is 28.1 Å². The molecule has 2 heterocycles. The highest BCUT2D eigenvalue weighted by atomic mass is 31.2. The Kier molecular flexibility index (Phi) is 14.0. The number of hydrogen-bond acceptors (Lipinski definition) is 11. The van der Waals surface area contributed by atoms with Crippen LogP contribution in [-0.4, -0.2) is 64.8 Å². The average Bonchev–Trinajstić information content (AvgIpc) is 3.36. The molecule has 250 valence electrons. The average molecular weight is 677 g/mol. The minimum atomic E-state index is -3.63. The molecule has 1 aliphatic heterocycles. The van der Waals surface area contributed by atoms with E-state index < -0.39 is 57.6 Å². The number of carbonyl (C=O) groups is 1. The van der Waals surface area contributed by atoms with Crippen molar-refractivity contribution < 1.29 is 32.2 Å². The van der Waals surface area contributed by atoms with Gasteiger partial charge in [0.15, 0.2) is 0 Å². The maximum Gasteiger partial charge on any atom is 0.353 e. The van der Waals surface area contributed by atoms with Gasteiger partial charge < -0.3 is 22.8 Å². The van der Waals surface area contributed by atoms with Crippen LogP contribution in [0.5, 0.6) is 0 Å². The number of ether oxygens (including phenoxy) is 1. The first-order chi connectivity index (χ1) is 21.9. The SMILES string of the molecule is C=CC[C@@H]1[C@H](OP(OCCC#N)N(C(C)C)C(C)C)[C@@H](/C=C/P(=O)(OC)OC)O[C@H]1n1ccc(=O)n(C(=O)c2ccccc2)c1=O. The van der Waals surface area contributed by atoms with Crippen molar-refractivity contribution in [1.29, 1.82) is 5.26 Å². The zero-order valence-corrected chi connectivity index (χ0v) is 28.7. The summed E-state index contributed by atoms with van der Waals surface area (Å²) in [5.41, 5.74) is -1.53. The summed E-state index contributed by atoms with van der Waals surface area (Å²) in [5.74, 6) is -0.129. The normalized spacial score (nSPS) is 20.9. The fraction of sp³-hybridized carbons (Fsp3) is 0.484. The molecule has 0 aliphatic carbocycles. The molecule has 0 radical (unpaired) electrons. The first kappa shape index (κ1) is 37.4. The van der Waals surface area contributed by atoms with Crippen molar-refractivity contribution in [1.82, 2.24) is 13.8 Å². The van der Waals surface area contributed by atoms with Gasteiger partial charge in [-0.25, -0.2) is 9.46 Å². The van der Waals surface area contributed by atoms with Crippen molar-refractivity contribution >= 4 is 22.0 Å². The summed E-state index contributed by atoms with van der Waals surface area (Å²) in [6.45, 7) is 12.0. The molecule has 1 aliphatic rings. The van der Waals surface area contributed by atoms with E-state index >= 15 is 0 Å². The van der Waals surface area contributed by atoms with Gasteiger partial charge in [0.05, 0.1) is 19.1 Å². The van der Waals surface area contributed by atoms with Gasteiger partial charge in [-0.05, 0) is 52.3 Å². The van der Waals surface area contributed by atoms with Crippen LogP contribution in [-0.2, 0) is 27.4 Å². The minimum absolute atomic E-state index is 0.00413. The highest BCUT2D eigenvalue weighted by Gasteiger charge is 2.48. The number of nitriles is 1. The number of carbonyl (C=O) groups excluding carboxylic acids is 1. The number of rotatable bonds is 16.